The van der Waals surface area contributed by atoms with Crippen LogP contribution in [-0.2, 0) is 0 Å². The predicted molar refractivity (Wildman–Crippen MR) is 73.9 cm³/mol. The summed E-state index contributed by atoms with van der Waals surface area (Å²) in [7, 11) is 0. The van der Waals surface area contributed by atoms with Crippen molar-refractivity contribution in [2.45, 2.75) is 26.8 Å². The number of rotatable bonds is 7. The summed E-state index contributed by atoms with van der Waals surface area (Å²) >= 11 is 0. The monoisotopic (exact) mass is 287 g/mol. The molecule has 0 heterocycles. The number of benzene rings is 1. The lowest BCUT2D eigenvalue weighted by Gasteiger charge is -2.24. The molecule has 0 bridgehead atoms. The van der Waals surface area contributed by atoms with Gasteiger partial charge in [-0.2, -0.15) is 0 Å². The molecule has 0 saturated carbocycles. The molecule has 1 aromatic carbocycles. The van der Waals surface area contributed by atoms with Crippen LogP contribution in [0.1, 0.15) is 20.8 Å². The van der Waals surface area contributed by atoms with E-state index in [0.717, 1.165) is 25.2 Å². The summed E-state index contributed by atoms with van der Waals surface area (Å²) in [6.07, 6.45) is 0. The minimum atomic E-state index is -1.22. The van der Waals surface area contributed by atoms with Gasteiger partial charge in [-0.05, 0) is 26.1 Å². The molecule has 5 nitrogen and oxygen atoms in total. The molecule has 0 spiro atoms. The molecule has 0 aliphatic heterocycles. The molecule has 0 radical (unpaired) electrons. The zero-order valence-electron chi connectivity index (χ0n) is 11.8. The van der Waals surface area contributed by atoms with E-state index < -0.39 is 27.9 Å². The van der Waals surface area contributed by atoms with E-state index in [9.17, 15) is 18.9 Å². The standard InChI is InChI=1S/C13H19F2N3O2/c1-4-17(5-2)8-9(3)16-13-11(18(19)20)7-6-10(14)12(13)15/h6-7,9,16H,4-5,8H2,1-3H3. The Bertz CT molecular complexity index is 479. The van der Waals surface area contributed by atoms with Crippen molar-refractivity contribution in [1.82, 2.24) is 4.90 Å². The van der Waals surface area contributed by atoms with Crippen molar-refractivity contribution in [3.8, 4) is 0 Å². The predicted octanol–water partition coefficient (Wildman–Crippen LogP) is 3.02. The van der Waals surface area contributed by atoms with Crippen molar-refractivity contribution in [2.75, 3.05) is 25.0 Å². The Morgan fingerprint density at radius 3 is 2.45 bits per heavy atom. The fourth-order valence-electron chi connectivity index (χ4n) is 1.99. The third kappa shape index (κ3) is 3.86. The normalized spacial score (nSPS) is 12.5. The molecule has 0 aliphatic carbocycles. The largest absolute Gasteiger partial charge is 0.373 e. The summed E-state index contributed by atoms with van der Waals surface area (Å²) in [6, 6.07) is 1.48. The second-order valence-electron chi connectivity index (χ2n) is 4.54. The van der Waals surface area contributed by atoms with E-state index in [2.05, 4.69) is 10.2 Å². The Kier molecular flexibility index (Phi) is 5.82. The quantitative estimate of drug-likeness (QED) is 0.618. The maximum atomic E-state index is 13.7. The topological polar surface area (TPSA) is 58.4 Å². The lowest BCUT2D eigenvalue weighted by molar-refractivity contribution is -0.384. The Labute approximate surface area is 116 Å². The van der Waals surface area contributed by atoms with Crippen molar-refractivity contribution >= 4 is 11.4 Å². The second kappa shape index (κ2) is 7.14. The second-order valence-corrected chi connectivity index (χ2v) is 4.54. The van der Waals surface area contributed by atoms with Gasteiger partial charge < -0.3 is 10.2 Å². The average Bonchev–Trinajstić information content (AvgIpc) is 2.41. The van der Waals surface area contributed by atoms with E-state index in [1.165, 1.54) is 0 Å². The van der Waals surface area contributed by atoms with Crippen LogP contribution in [0.4, 0.5) is 20.2 Å². The number of nitrogens with zero attached hydrogens (tertiary/aromatic N) is 2. The first-order valence-electron chi connectivity index (χ1n) is 6.51. The van der Waals surface area contributed by atoms with E-state index in [1.54, 1.807) is 6.92 Å². The van der Waals surface area contributed by atoms with Crippen molar-refractivity contribution in [2.24, 2.45) is 0 Å². The van der Waals surface area contributed by atoms with Gasteiger partial charge in [0.1, 0.15) is 0 Å². The summed E-state index contributed by atoms with van der Waals surface area (Å²) in [6.45, 7) is 7.96. The third-order valence-corrected chi connectivity index (χ3v) is 3.09. The number of likely N-dealkylation sites (N-methyl/N-ethyl adjacent to an activating group) is 1. The SMILES string of the molecule is CCN(CC)CC(C)Nc1c([N+](=O)[O-])ccc(F)c1F. The van der Waals surface area contributed by atoms with Gasteiger partial charge in [0.25, 0.3) is 5.69 Å². The summed E-state index contributed by atoms with van der Waals surface area (Å²) in [4.78, 5) is 12.2. The molecule has 0 aromatic heterocycles. The fourth-order valence-corrected chi connectivity index (χ4v) is 1.99. The zero-order valence-corrected chi connectivity index (χ0v) is 11.8. The number of hydrogen-bond donors (Lipinski definition) is 1. The van der Waals surface area contributed by atoms with Gasteiger partial charge in [0.2, 0.25) is 0 Å². The number of hydrogen-bond acceptors (Lipinski definition) is 4. The van der Waals surface area contributed by atoms with Crippen LogP contribution in [0.25, 0.3) is 0 Å². The molecule has 1 aromatic rings. The summed E-state index contributed by atoms with van der Waals surface area (Å²) in [5, 5.41) is 13.6. The zero-order chi connectivity index (χ0) is 15.3. The highest BCUT2D eigenvalue weighted by molar-refractivity contribution is 5.63. The summed E-state index contributed by atoms with van der Waals surface area (Å²) in [5.74, 6) is -2.32. The first-order chi connectivity index (χ1) is 9.40. The molecular formula is C13H19F2N3O2. The van der Waals surface area contributed by atoms with E-state index >= 15 is 0 Å². The number of nitro benzene ring substituents is 1. The molecule has 20 heavy (non-hydrogen) atoms. The molecule has 0 saturated heterocycles. The van der Waals surface area contributed by atoms with Crippen LogP contribution >= 0.6 is 0 Å². The summed E-state index contributed by atoms with van der Waals surface area (Å²) < 4.78 is 26.9. The van der Waals surface area contributed by atoms with Crippen LogP contribution in [0, 0.1) is 21.7 Å². The first kappa shape index (κ1) is 16.3. The van der Waals surface area contributed by atoms with Gasteiger partial charge in [0.15, 0.2) is 17.3 Å². The van der Waals surface area contributed by atoms with Crippen molar-refractivity contribution in [1.29, 1.82) is 0 Å². The lowest BCUT2D eigenvalue weighted by atomic mass is 10.2. The Balaban J connectivity index is 2.95. The Morgan fingerprint density at radius 1 is 1.35 bits per heavy atom. The van der Waals surface area contributed by atoms with Crippen LogP contribution in [0.3, 0.4) is 0 Å². The molecule has 0 fully saturated rings. The Hall–Kier alpha value is -1.76. The number of halogens is 2. The van der Waals surface area contributed by atoms with E-state index in [0.29, 0.717) is 6.54 Å². The molecule has 7 heteroatoms. The maximum Gasteiger partial charge on any atom is 0.295 e. The van der Waals surface area contributed by atoms with Crippen molar-refractivity contribution in [3.05, 3.63) is 33.9 Å². The fraction of sp³-hybridized carbons (Fsp3) is 0.538. The number of anilines is 1. The van der Waals surface area contributed by atoms with Crippen LogP contribution in [0.2, 0.25) is 0 Å². The smallest absolute Gasteiger partial charge is 0.295 e. The van der Waals surface area contributed by atoms with E-state index in [1.807, 2.05) is 13.8 Å². The molecule has 0 amide bonds. The van der Waals surface area contributed by atoms with Crippen molar-refractivity contribution in [3.63, 3.8) is 0 Å². The van der Waals surface area contributed by atoms with Gasteiger partial charge >= 0.3 is 0 Å². The minimum absolute atomic E-state index is 0.245. The minimum Gasteiger partial charge on any atom is -0.373 e. The van der Waals surface area contributed by atoms with Crippen LogP contribution in [0.5, 0.6) is 0 Å². The highest BCUT2D eigenvalue weighted by Crippen LogP contribution is 2.29. The van der Waals surface area contributed by atoms with Crippen molar-refractivity contribution < 1.29 is 13.7 Å². The first-order valence-corrected chi connectivity index (χ1v) is 6.51. The van der Waals surface area contributed by atoms with Gasteiger partial charge in [0, 0.05) is 18.7 Å². The van der Waals surface area contributed by atoms with Gasteiger partial charge in [0.05, 0.1) is 4.92 Å². The molecule has 1 atom stereocenters. The maximum absolute atomic E-state index is 13.7. The number of nitro groups is 1. The molecule has 1 rings (SSSR count). The van der Waals surface area contributed by atoms with E-state index in [4.69, 9.17) is 0 Å². The van der Waals surface area contributed by atoms with Crippen LogP contribution in [-0.4, -0.2) is 35.5 Å². The molecular weight excluding hydrogens is 268 g/mol. The lowest BCUT2D eigenvalue weighted by Crippen LogP contribution is -2.35. The average molecular weight is 287 g/mol. The molecule has 0 aliphatic rings. The molecule has 112 valence electrons. The third-order valence-electron chi connectivity index (χ3n) is 3.09. The Morgan fingerprint density at radius 2 is 1.95 bits per heavy atom. The highest BCUT2D eigenvalue weighted by Gasteiger charge is 2.23. The van der Waals surface area contributed by atoms with Crippen LogP contribution in [0.15, 0.2) is 12.1 Å². The van der Waals surface area contributed by atoms with E-state index in [-0.39, 0.29) is 6.04 Å². The molecule has 1 N–H and O–H groups in total. The van der Waals surface area contributed by atoms with Crippen LogP contribution < -0.4 is 5.32 Å². The molecule has 1 unspecified atom stereocenters. The van der Waals surface area contributed by atoms with Gasteiger partial charge in [-0.3, -0.25) is 10.1 Å². The summed E-state index contributed by atoms with van der Waals surface area (Å²) in [5.41, 5.74) is -0.857. The number of nitrogens with one attached hydrogen (secondary N) is 1. The highest BCUT2D eigenvalue weighted by atomic mass is 19.2. The van der Waals surface area contributed by atoms with Gasteiger partial charge in [-0.25, -0.2) is 8.78 Å². The van der Waals surface area contributed by atoms with Gasteiger partial charge in [-0.1, -0.05) is 13.8 Å². The van der Waals surface area contributed by atoms with Gasteiger partial charge in [-0.15, -0.1) is 0 Å².